The third-order valence-corrected chi connectivity index (χ3v) is 8.65. The van der Waals surface area contributed by atoms with Crippen LogP contribution in [0.3, 0.4) is 0 Å². The normalized spacial score (nSPS) is 18.6. The molecule has 2 aromatic carbocycles. The third kappa shape index (κ3) is 3.94. The van der Waals surface area contributed by atoms with Crippen molar-refractivity contribution >= 4 is 65.0 Å². The summed E-state index contributed by atoms with van der Waals surface area (Å²) in [6.45, 7) is 0.294. The Balaban J connectivity index is 1.69. The molecule has 0 N–H and O–H groups in total. The second-order valence-electron chi connectivity index (χ2n) is 6.73. The topological polar surface area (TPSA) is 71.7 Å². The van der Waals surface area contributed by atoms with Gasteiger partial charge in [0.15, 0.2) is 4.80 Å². The maximum absolute atomic E-state index is 13.0. The lowest BCUT2D eigenvalue weighted by Gasteiger charge is -2.21. The molecule has 0 saturated carbocycles. The van der Waals surface area contributed by atoms with Gasteiger partial charge in [-0.05, 0) is 55.3 Å². The molecule has 3 aromatic rings. The molecular weight excluding hydrogens is 498 g/mol. The van der Waals surface area contributed by atoms with E-state index in [0.717, 1.165) is 14.7 Å². The first-order valence-electron chi connectivity index (χ1n) is 8.88. The van der Waals surface area contributed by atoms with Crippen LogP contribution in [0.5, 0.6) is 0 Å². The van der Waals surface area contributed by atoms with Gasteiger partial charge in [0.1, 0.15) is 6.04 Å². The fourth-order valence-electron chi connectivity index (χ4n) is 3.40. The SMILES string of the molecule is Cn1c(=NC(=O)C2CCCN2S(=O)(=O)c2ccc(Cl)cc2)sc2cc(Br)ccc21. The predicted octanol–water partition coefficient (Wildman–Crippen LogP) is 3.94. The molecule has 6 nitrogen and oxygen atoms in total. The summed E-state index contributed by atoms with van der Waals surface area (Å²) < 4.78 is 31.1. The third-order valence-electron chi connectivity index (χ3n) is 4.89. The van der Waals surface area contributed by atoms with E-state index >= 15 is 0 Å². The number of carbonyl (C=O) groups is 1. The molecule has 0 spiro atoms. The molecular formula is C19H17BrClN3O3S2. The number of thiazole rings is 1. The average Bonchev–Trinajstić information content (AvgIpc) is 3.28. The predicted molar refractivity (Wildman–Crippen MR) is 117 cm³/mol. The van der Waals surface area contributed by atoms with Crippen molar-refractivity contribution in [1.82, 2.24) is 8.87 Å². The first-order chi connectivity index (χ1) is 13.8. The largest absolute Gasteiger partial charge is 0.319 e. The minimum absolute atomic E-state index is 0.124. The van der Waals surface area contributed by atoms with Gasteiger partial charge in [-0.1, -0.05) is 38.9 Å². The minimum atomic E-state index is -3.80. The Morgan fingerprint density at radius 1 is 1.24 bits per heavy atom. The van der Waals surface area contributed by atoms with E-state index in [2.05, 4.69) is 20.9 Å². The lowest BCUT2D eigenvalue weighted by Crippen LogP contribution is -2.40. The number of carbonyl (C=O) groups excluding carboxylic acids is 1. The van der Waals surface area contributed by atoms with Crippen LogP contribution in [0.25, 0.3) is 10.2 Å². The maximum Gasteiger partial charge on any atom is 0.266 e. The molecule has 10 heteroatoms. The number of hydrogen-bond acceptors (Lipinski definition) is 4. The second kappa shape index (κ2) is 7.96. The number of benzene rings is 2. The zero-order valence-electron chi connectivity index (χ0n) is 15.4. The summed E-state index contributed by atoms with van der Waals surface area (Å²) in [5.74, 6) is -0.443. The molecule has 2 heterocycles. The lowest BCUT2D eigenvalue weighted by atomic mass is 10.2. The summed E-state index contributed by atoms with van der Waals surface area (Å²) in [7, 11) is -1.96. The average molecular weight is 515 g/mol. The zero-order valence-corrected chi connectivity index (χ0v) is 19.4. The van der Waals surface area contributed by atoms with E-state index in [1.807, 2.05) is 29.8 Å². The van der Waals surface area contributed by atoms with E-state index in [1.54, 1.807) is 0 Å². The van der Waals surface area contributed by atoms with E-state index in [0.29, 0.717) is 29.2 Å². The number of rotatable bonds is 3. The van der Waals surface area contributed by atoms with Crippen LogP contribution in [-0.2, 0) is 21.9 Å². The molecule has 0 aliphatic carbocycles. The van der Waals surface area contributed by atoms with Crippen molar-refractivity contribution in [3.05, 3.63) is 56.8 Å². The molecule has 1 aromatic heterocycles. The van der Waals surface area contributed by atoms with Crippen molar-refractivity contribution in [3.8, 4) is 0 Å². The molecule has 1 unspecified atom stereocenters. The van der Waals surface area contributed by atoms with E-state index in [4.69, 9.17) is 11.6 Å². The number of aryl methyl sites for hydroxylation is 1. The van der Waals surface area contributed by atoms with Crippen LogP contribution < -0.4 is 4.80 Å². The van der Waals surface area contributed by atoms with E-state index in [9.17, 15) is 13.2 Å². The van der Waals surface area contributed by atoms with Gasteiger partial charge < -0.3 is 4.57 Å². The first kappa shape index (κ1) is 20.7. The first-order valence-corrected chi connectivity index (χ1v) is 12.3. The smallest absolute Gasteiger partial charge is 0.266 e. The highest BCUT2D eigenvalue weighted by Gasteiger charge is 2.39. The Morgan fingerprint density at radius 3 is 2.69 bits per heavy atom. The number of halogens is 2. The van der Waals surface area contributed by atoms with Gasteiger partial charge in [0.05, 0.1) is 15.1 Å². The van der Waals surface area contributed by atoms with Crippen molar-refractivity contribution in [3.63, 3.8) is 0 Å². The number of hydrogen-bond donors (Lipinski definition) is 0. The highest BCUT2D eigenvalue weighted by Crippen LogP contribution is 2.28. The van der Waals surface area contributed by atoms with Crippen LogP contribution in [0.15, 0.2) is 56.8 Å². The molecule has 29 heavy (non-hydrogen) atoms. The zero-order chi connectivity index (χ0) is 20.8. The fourth-order valence-corrected chi connectivity index (χ4v) is 6.75. The Kier molecular flexibility index (Phi) is 5.69. The van der Waals surface area contributed by atoms with Crippen molar-refractivity contribution < 1.29 is 13.2 Å². The van der Waals surface area contributed by atoms with E-state index in [-0.39, 0.29) is 4.90 Å². The number of nitrogens with zero attached hydrogens (tertiary/aromatic N) is 3. The molecule has 1 aliphatic rings. The van der Waals surface area contributed by atoms with Crippen molar-refractivity contribution in [1.29, 1.82) is 0 Å². The van der Waals surface area contributed by atoms with Gasteiger partial charge >= 0.3 is 0 Å². The summed E-state index contributed by atoms with van der Waals surface area (Å²) in [5, 5.41) is 0.455. The highest BCUT2D eigenvalue weighted by molar-refractivity contribution is 9.10. The van der Waals surface area contributed by atoms with Gasteiger partial charge in [-0.15, -0.1) is 0 Å². The minimum Gasteiger partial charge on any atom is -0.319 e. The van der Waals surface area contributed by atoms with Crippen molar-refractivity contribution in [2.24, 2.45) is 12.0 Å². The van der Waals surface area contributed by atoms with Gasteiger partial charge in [-0.2, -0.15) is 9.30 Å². The van der Waals surface area contributed by atoms with Crippen molar-refractivity contribution in [2.45, 2.75) is 23.8 Å². The van der Waals surface area contributed by atoms with Crippen LogP contribution in [0.4, 0.5) is 0 Å². The number of amides is 1. The second-order valence-corrected chi connectivity index (χ2v) is 11.0. The molecule has 1 aliphatic heterocycles. The molecule has 0 bridgehead atoms. The Hall–Kier alpha value is -1.52. The van der Waals surface area contributed by atoms with Crippen LogP contribution in [-0.4, -0.2) is 35.8 Å². The fraction of sp³-hybridized carbons (Fsp3) is 0.263. The Morgan fingerprint density at radius 2 is 1.97 bits per heavy atom. The molecule has 4 rings (SSSR count). The van der Waals surface area contributed by atoms with Crippen LogP contribution in [0, 0.1) is 0 Å². The van der Waals surface area contributed by atoms with E-state index < -0.39 is 22.0 Å². The van der Waals surface area contributed by atoms with Gasteiger partial charge in [0.2, 0.25) is 10.0 Å². The van der Waals surface area contributed by atoms with Gasteiger partial charge in [0, 0.05) is 23.1 Å². The molecule has 152 valence electrons. The standard InChI is InChI=1S/C19H17BrClN3O3S2/c1-23-15-9-4-12(20)11-17(15)28-19(23)22-18(25)16-3-2-10-24(16)29(26,27)14-7-5-13(21)6-8-14/h4-9,11,16H,2-3,10H2,1H3. The quantitative estimate of drug-likeness (QED) is 0.532. The monoisotopic (exact) mass is 513 g/mol. The number of sulfonamides is 1. The summed E-state index contributed by atoms with van der Waals surface area (Å²) in [5.41, 5.74) is 0.960. The summed E-state index contributed by atoms with van der Waals surface area (Å²) in [4.78, 5) is 17.9. The highest BCUT2D eigenvalue weighted by atomic mass is 79.9. The van der Waals surface area contributed by atoms with Crippen molar-refractivity contribution in [2.75, 3.05) is 6.54 Å². The molecule has 0 radical (unpaired) electrons. The van der Waals surface area contributed by atoms with Gasteiger partial charge in [-0.3, -0.25) is 4.79 Å². The van der Waals surface area contributed by atoms with Crippen LogP contribution in [0.1, 0.15) is 12.8 Å². The summed E-state index contributed by atoms with van der Waals surface area (Å²) in [6.07, 6.45) is 1.07. The number of aromatic nitrogens is 1. The van der Waals surface area contributed by atoms with Gasteiger partial charge in [-0.25, -0.2) is 8.42 Å². The Bertz CT molecular complexity index is 1270. The number of fused-ring (bicyclic) bond motifs is 1. The molecule has 1 saturated heterocycles. The summed E-state index contributed by atoms with van der Waals surface area (Å²) in [6, 6.07) is 11.0. The van der Waals surface area contributed by atoms with Crippen LogP contribution in [0.2, 0.25) is 5.02 Å². The summed E-state index contributed by atoms with van der Waals surface area (Å²) >= 11 is 10.7. The van der Waals surface area contributed by atoms with Gasteiger partial charge in [0.25, 0.3) is 5.91 Å². The lowest BCUT2D eigenvalue weighted by molar-refractivity contribution is -0.121. The molecule has 1 fully saturated rings. The Labute approximate surface area is 185 Å². The van der Waals surface area contributed by atoms with E-state index in [1.165, 1.54) is 39.9 Å². The molecule has 1 amide bonds. The maximum atomic E-state index is 13.0. The molecule has 1 atom stereocenters. The van der Waals surface area contributed by atoms with Crippen LogP contribution >= 0.6 is 38.9 Å².